The molecule has 0 radical (unpaired) electrons. The number of carbonyl (C=O) groups is 4. The van der Waals surface area contributed by atoms with Gasteiger partial charge in [0.05, 0.1) is 43.7 Å². The number of hydrogen-bond acceptors (Lipinski definition) is 9. The topological polar surface area (TPSA) is 174 Å². The molecule has 8 rings (SSSR count). The number of hydrogen-bond donors (Lipinski definition) is 0. The number of imide groups is 2. The number of benzene rings is 5. The van der Waals surface area contributed by atoms with Crippen molar-refractivity contribution >= 4 is 46.4 Å². The van der Waals surface area contributed by atoms with Gasteiger partial charge in [0, 0.05) is 23.3 Å². The van der Waals surface area contributed by atoms with Crippen LogP contribution in [0.5, 0.6) is 0 Å². The molecule has 3 heterocycles. The van der Waals surface area contributed by atoms with Gasteiger partial charge >= 0.3 is 0 Å². The fraction of sp³-hybridized carbons (Fsp3) is 0. The maximum absolute atomic E-state index is 13.3. The van der Waals surface area contributed by atoms with Crippen LogP contribution in [0.4, 0.5) is 22.7 Å². The molecule has 2 aliphatic rings. The predicted molar refractivity (Wildman–Crippen MR) is 189 cm³/mol. The third-order valence-corrected chi connectivity index (χ3v) is 8.95. The molecule has 0 spiro atoms. The predicted octanol–water partition coefficient (Wildman–Crippen LogP) is 7.50. The Bertz CT molecular complexity index is 2400. The fourth-order valence-corrected chi connectivity index (χ4v) is 6.49. The average molecular weight is 688 g/mol. The normalized spacial score (nSPS) is 13.4. The van der Waals surface area contributed by atoms with Crippen LogP contribution in [-0.4, -0.2) is 38.5 Å². The zero-order valence-corrected chi connectivity index (χ0v) is 26.6. The van der Waals surface area contributed by atoms with Gasteiger partial charge in [-0.15, -0.1) is 0 Å². The number of rotatable bonds is 7. The molecule has 0 fully saturated rings. The molecule has 2 aliphatic heterocycles. The molecule has 0 atom stereocenters. The molecule has 0 unspecified atom stereocenters. The van der Waals surface area contributed by atoms with E-state index in [1.54, 1.807) is 48.5 Å². The smallest absolute Gasteiger partial charge is 0.268 e. The van der Waals surface area contributed by atoms with E-state index >= 15 is 0 Å². The first-order valence-electron chi connectivity index (χ1n) is 15.7. The minimum absolute atomic E-state index is 0.0412. The summed E-state index contributed by atoms with van der Waals surface area (Å²) in [7, 11) is 0. The lowest BCUT2D eigenvalue weighted by Crippen LogP contribution is -2.29. The molecule has 4 amide bonds. The van der Waals surface area contributed by atoms with Gasteiger partial charge in [-0.05, 0) is 59.7 Å². The molecule has 52 heavy (non-hydrogen) atoms. The maximum Gasteiger partial charge on any atom is 0.283 e. The first-order valence-corrected chi connectivity index (χ1v) is 15.7. The second kappa shape index (κ2) is 12.0. The SMILES string of the molecule is O=C1c2cccc([N+](=O)[O-])c2C(=O)N1c1ccc(-c2cc(-c3ccccc3)cc(-c3ccc(N4C(=O)c5cccc([N+](=O)[O-])c5C4=O)cc3)n2)cc1. The van der Waals surface area contributed by atoms with Crippen LogP contribution in [0.2, 0.25) is 0 Å². The van der Waals surface area contributed by atoms with Gasteiger partial charge in [-0.1, -0.05) is 66.7 Å². The van der Waals surface area contributed by atoms with Gasteiger partial charge in [0.15, 0.2) is 0 Å². The van der Waals surface area contributed by atoms with Gasteiger partial charge in [-0.3, -0.25) is 39.4 Å². The Balaban J connectivity index is 1.14. The van der Waals surface area contributed by atoms with E-state index in [0.29, 0.717) is 22.5 Å². The zero-order valence-electron chi connectivity index (χ0n) is 26.6. The Labute approximate surface area is 293 Å². The summed E-state index contributed by atoms with van der Waals surface area (Å²) in [6, 6.07) is 34.3. The van der Waals surface area contributed by atoms with Crippen molar-refractivity contribution in [3.8, 4) is 33.6 Å². The standard InChI is InChI=1S/C39H21N5O8/c45-36-28-8-4-10-32(43(49)50)34(28)38(47)41(36)26-16-12-23(13-17-26)30-20-25(22-6-2-1-3-7-22)21-31(40-30)24-14-18-27(19-15-24)42-37(46)29-9-5-11-33(44(51)52)35(29)39(42)48/h1-21H. The number of fused-ring (bicyclic) bond motifs is 2. The lowest BCUT2D eigenvalue weighted by molar-refractivity contribution is -0.385. The van der Waals surface area contributed by atoms with E-state index in [9.17, 15) is 39.4 Å². The van der Waals surface area contributed by atoms with Gasteiger partial charge in [-0.2, -0.15) is 0 Å². The van der Waals surface area contributed by atoms with E-state index in [0.717, 1.165) is 20.9 Å². The second-order valence-corrected chi connectivity index (χ2v) is 11.9. The van der Waals surface area contributed by atoms with Crippen molar-refractivity contribution in [2.24, 2.45) is 0 Å². The number of nitro groups is 2. The van der Waals surface area contributed by atoms with Crippen LogP contribution in [-0.2, 0) is 0 Å². The lowest BCUT2D eigenvalue weighted by Gasteiger charge is -2.16. The Kier molecular flexibility index (Phi) is 7.31. The number of aromatic nitrogens is 1. The largest absolute Gasteiger partial charge is 0.283 e. The maximum atomic E-state index is 13.3. The van der Waals surface area contributed by atoms with Crippen LogP contribution in [0.15, 0.2) is 127 Å². The zero-order chi connectivity index (χ0) is 36.3. The van der Waals surface area contributed by atoms with Crippen molar-refractivity contribution in [2.45, 2.75) is 0 Å². The number of nitrogens with zero attached hydrogens (tertiary/aromatic N) is 5. The first-order chi connectivity index (χ1) is 25.1. The third kappa shape index (κ3) is 4.99. The highest BCUT2D eigenvalue weighted by molar-refractivity contribution is 6.36. The molecule has 0 N–H and O–H groups in total. The average Bonchev–Trinajstić information content (AvgIpc) is 3.58. The number of pyridine rings is 1. The summed E-state index contributed by atoms with van der Waals surface area (Å²) in [6.07, 6.45) is 0. The molecular formula is C39H21N5O8. The molecule has 0 saturated carbocycles. The third-order valence-electron chi connectivity index (χ3n) is 8.95. The van der Waals surface area contributed by atoms with Gasteiger partial charge in [0.25, 0.3) is 35.0 Å². The molecule has 0 bridgehead atoms. The van der Waals surface area contributed by atoms with Crippen molar-refractivity contribution in [3.05, 3.63) is 170 Å². The second-order valence-electron chi connectivity index (χ2n) is 11.9. The summed E-state index contributed by atoms with van der Waals surface area (Å²) in [6.45, 7) is 0. The Hall–Kier alpha value is -7.67. The van der Waals surface area contributed by atoms with E-state index in [1.807, 2.05) is 42.5 Å². The highest BCUT2D eigenvalue weighted by atomic mass is 16.6. The van der Waals surface area contributed by atoms with Crippen LogP contribution in [0.3, 0.4) is 0 Å². The van der Waals surface area contributed by atoms with Gasteiger partial charge < -0.3 is 0 Å². The van der Waals surface area contributed by atoms with Crippen molar-refractivity contribution < 1.29 is 29.0 Å². The van der Waals surface area contributed by atoms with Crippen LogP contribution in [0, 0.1) is 20.2 Å². The Morgan fingerprint density at radius 3 is 1.27 bits per heavy atom. The number of anilines is 2. The van der Waals surface area contributed by atoms with Crippen LogP contribution in [0.25, 0.3) is 33.6 Å². The molecule has 13 heteroatoms. The Morgan fingerprint density at radius 2 is 0.865 bits per heavy atom. The first kappa shape index (κ1) is 31.6. The van der Waals surface area contributed by atoms with Crippen LogP contribution >= 0.6 is 0 Å². The van der Waals surface area contributed by atoms with Crippen molar-refractivity contribution in [1.82, 2.24) is 4.98 Å². The molecule has 13 nitrogen and oxygen atoms in total. The van der Waals surface area contributed by atoms with E-state index < -0.39 is 44.9 Å². The summed E-state index contributed by atoms with van der Waals surface area (Å²) < 4.78 is 0. The van der Waals surface area contributed by atoms with Crippen molar-refractivity contribution in [1.29, 1.82) is 0 Å². The summed E-state index contributed by atoms with van der Waals surface area (Å²) in [4.78, 5) is 81.3. The van der Waals surface area contributed by atoms with Gasteiger partial charge in [-0.25, -0.2) is 14.8 Å². The van der Waals surface area contributed by atoms with Gasteiger partial charge in [0.1, 0.15) is 11.1 Å². The van der Waals surface area contributed by atoms with Crippen LogP contribution in [0.1, 0.15) is 41.4 Å². The van der Waals surface area contributed by atoms with Gasteiger partial charge in [0.2, 0.25) is 0 Å². The van der Waals surface area contributed by atoms with E-state index in [4.69, 9.17) is 4.98 Å². The number of nitro benzene ring substituents is 2. The summed E-state index contributed by atoms with van der Waals surface area (Å²) in [5.41, 5.74) is 3.14. The van der Waals surface area contributed by atoms with Crippen molar-refractivity contribution in [2.75, 3.05) is 9.80 Å². The monoisotopic (exact) mass is 687 g/mol. The van der Waals surface area contributed by atoms with Crippen molar-refractivity contribution in [3.63, 3.8) is 0 Å². The molecular weight excluding hydrogens is 666 g/mol. The molecule has 5 aromatic carbocycles. The minimum Gasteiger partial charge on any atom is -0.268 e. The number of carbonyl (C=O) groups excluding carboxylic acids is 4. The summed E-state index contributed by atoms with van der Waals surface area (Å²) >= 11 is 0. The molecule has 1 aromatic heterocycles. The highest BCUT2D eigenvalue weighted by Crippen LogP contribution is 2.37. The molecule has 250 valence electrons. The molecule has 0 aliphatic carbocycles. The van der Waals surface area contributed by atoms with E-state index in [-0.39, 0.29) is 33.6 Å². The Morgan fingerprint density at radius 1 is 0.442 bits per heavy atom. The summed E-state index contributed by atoms with van der Waals surface area (Å²) in [5, 5.41) is 23.1. The van der Waals surface area contributed by atoms with Crippen LogP contribution < -0.4 is 9.80 Å². The van der Waals surface area contributed by atoms with E-state index in [2.05, 4.69) is 0 Å². The lowest BCUT2D eigenvalue weighted by atomic mass is 9.99. The number of amides is 4. The summed E-state index contributed by atoms with van der Waals surface area (Å²) in [5.74, 6) is -2.89. The minimum atomic E-state index is -0.783. The molecule has 0 saturated heterocycles. The fourth-order valence-electron chi connectivity index (χ4n) is 6.49. The highest BCUT2D eigenvalue weighted by Gasteiger charge is 2.43. The molecule has 6 aromatic rings. The van der Waals surface area contributed by atoms with E-state index in [1.165, 1.54) is 36.4 Å². The quantitative estimate of drug-likeness (QED) is 0.0935.